The van der Waals surface area contributed by atoms with Crippen molar-refractivity contribution in [1.82, 2.24) is 5.32 Å². The Bertz CT molecular complexity index is 276. The van der Waals surface area contributed by atoms with E-state index in [0.717, 1.165) is 17.9 Å². The molecule has 0 fully saturated rings. The summed E-state index contributed by atoms with van der Waals surface area (Å²) in [7, 11) is 1.86. The molecular weight excluding hydrogens is 169 g/mol. The number of hydrogen-bond donors (Lipinski definition) is 1. The zero-order valence-corrected chi connectivity index (χ0v) is 7.93. The highest BCUT2D eigenvalue weighted by Gasteiger charge is 1.99. The number of benzene rings is 1. The van der Waals surface area contributed by atoms with Crippen molar-refractivity contribution in [2.75, 3.05) is 20.2 Å². The second-order valence-electron chi connectivity index (χ2n) is 2.86. The molecule has 0 aliphatic heterocycles. The number of aryl methyl sites for hydroxylation is 1. The molecule has 0 unspecified atom stereocenters. The number of rotatable bonds is 4. The van der Waals surface area contributed by atoms with Gasteiger partial charge in [0.25, 0.3) is 0 Å². The lowest BCUT2D eigenvalue weighted by molar-refractivity contribution is 0.316. The van der Waals surface area contributed by atoms with Gasteiger partial charge in [0.15, 0.2) is 0 Å². The minimum Gasteiger partial charge on any atom is -0.492 e. The SMILES string of the molecule is CNCCOc1ccc(F)cc1C. The Hall–Kier alpha value is -1.09. The third-order valence-corrected chi connectivity index (χ3v) is 1.75. The second-order valence-corrected chi connectivity index (χ2v) is 2.86. The van der Waals surface area contributed by atoms with Crippen LogP contribution in [0.5, 0.6) is 5.75 Å². The lowest BCUT2D eigenvalue weighted by Crippen LogP contribution is -2.16. The molecule has 0 aliphatic rings. The standard InChI is InChI=1S/C10H14FNO/c1-8-7-9(11)3-4-10(8)13-6-5-12-2/h3-4,7,12H,5-6H2,1-2H3. The van der Waals surface area contributed by atoms with Crippen molar-refractivity contribution in [2.45, 2.75) is 6.92 Å². The molecule has 0 atom stereocenters. The molecular formula is C10H14FNO. The molecule has 0 amide bonds. The van der Waals surface area contributed by atoms with Gasteiger partial charge in [-0.15, -0.1) is 0 Å². The predicted octanol–water partition coefficient (Wildman–Crippen LogP) is 1.73. The molecule has 0 saturated heterocycles. The first-order valence-corrected chi connectivity index (χ1v) is 4.27. The van der Waals surface area contributed by atoms with Crippen LogP contribution >= 0.6 is 0 Å². The van der Waals surface area contributed by atoms with E-state index in [1.807, 2.05) is 14.0 Å². The monoisotopic (exact) mass is 183 g/mol. The van der Waals surface area contributed by atoms with Crippen LogP contribution in [0.25, 0.3) is 0 Å². The molecule has 0 aromatic heterocycles. The minimum atomic E-state index is -0.224. The summed E-state index contributed by atoms with van der Waals surface area (Å²) in [4.78, 5) is 0. The average Bonchev–Trinajstić information content (AvgIpc) is 2.09. The summed E-state index contributed by atoms with van der Waals surface area (Å²) < 4.78 is 18.1. The maximum absolute atomic E-state index is 12.7. The van der Waals surface area contributed by atoms with E-state index >= 15 is 0 Å². The average molecular weight is 183 g/mol. The fourth-order valence-corrected chi connectivity index (χ4v) is 1.04. The van der Waals surface area contributed by atoms with Gasteiger partial charge in [-0.25, -0.2) is 4.39 Å². The zero-order chi connectivity index (χ0) is 9.68. The second kappa shape index (κ2) is 4.82. The van der Waals surface area contributed by atoms with Crippen LogP contribution in [0.2, 0.25) is 0 Å². The Kier molecular flexibility index (Phi) is 3.71. The van der Waals surface area contributed by atoms with Gasteiger partial charge in [0, 0.05) is 6.54 Å². The first kappa shape index (κ1) is 9.99. The molecule has 1 N–H and O–H groups in total. The van der Waals surface area contributed by atoms with Crippen LogP contribution in [0.15, 0.2) is 18.2 Å². The third kappa shape index (κ3) is 3.03. The Balaban J connectivity index is 2.56. The van der Waals surface area contributed by atoms with Crippen molar-refractivity contribution in [3.8, 4) is 5.75 Å². The summed E-state index contributed by atoms with van der Waals surface area (Å²) in [6.45, 7) is 3.22. The van der Waals surface area contributed by atoms with Gasteiger partial charge in [-0.1, -0.05) is 0 Å². The molecule has 0 aliphatic carbocycles. The number of halogens is 1. The molecule has 1 aromatic rings. The van der Waals surface area contributed by atoms with Gasteiger partial charge in [-0.05, 0) is 37.7 Å². The Labute approximate surface area is 77.7 Å². The van der Waals surface area contributed by atoms with Crippen LogP contribution in [-0.4, -0.2) is 20.2 Å². The van der Waals surface area contributed by atoms with Crippen LogP contribution in [0, 0.1) is 12.7 Å². The molecule has 72 valence electrons. The van der Waals surface area contributed by atoms with Gasteiger partial charge in [0.1, 0.15) is 18.2 Å². The smallest absolute Gasteiger partial charge is 0.123 e. The minimum absolute atomic E-state index is 0.224. The number of hydrogen-bond acceptors (Lipinski definition) is 2. The van der Waals surface area contributed by atoms with E-state index in [0.29, 0.717) is 6.61 Å². The first-order valence-electron chi connectivity index (χ1n) is 4.27. The highest BCUT2D eigenvalue weighted by molar-refractivity contribution is 5.32. The highest BCUT2D eigenvalue weighted by atomic mass is 19.1. The summed E-state index contributed by atoms with van der Waals surface area (Å²) >= 11 is 0. The predicted molar refractivity (Wildman–Crippen MR) is 50.6 cm³/mol. The number of ether oxygens (including phenoxy) is 1. The van der Waals surface area contributed by atoms with Crippen LogP contribution in [0.1, 0.15) is 5.56 Å². The lowest BCUT2D eigenvalue weighted by Gasteiger charge is -2.08. The maximum atomic E-state index is 12.7. The maximum Gasteiger partial charge on any atom is 0.123 e. The van der Waals surface area contributed by atoms with Gasteiger partial charge in [0.05, 0.1) is 0 Å². The molecule has 13 heavy (non-hydrogen) atoms. The van der Waals surface area contributed by atoms with Crippen LogP contribution in [-0.2, 0) is 0 Å². The van der Waals surface area contributed by atoms with Gasteiger partial charge in [-0.2, -0.15) is 0 Å². The normalized spacial score (nSPS) is 10.1. The molecule has 0 radical (unpaired) electrons. The molecule has 2 nitrogen and oxygen atoms in total. The van der Waals surface area contributed by atoms with Crippen molar-refractivity contribution in [3.63, 3.8) is 0 Å². The number of likely N-dealkylation sites (N-methyl/N-ethyl adjacent to an activating group) is 1. The Morgan fingerprint density at radius 2 is 2.23 bits per heavy atom. The van der Waals surface area contributed by atoms with Gasteiger partial charge in [-0.3, -0.25) is 0 Å². The molecule has 0 spiro atoms. The van der Waals surface area contributed by atoms with Gasteiger partial charge >= 0.3 is 0 Å². The van der Waals surface area contributed by atoms with E-state index in [4.69, 9.17) is 4.74 Å². The van der Waals surface area contributed by atoms with E-state index in [2.05, 4.69) is 5.32 Å². The summed E-state index contributed by atoms with van der Waals surface area (Å²) in [6, 6.07) is 4.52. The Morgan fingerprint density at radius 3 is 2.85 bits per heavy atom. The summed E-state index contributed by atoms with van der Waals surface area (Å²) in [5.74, 6) is 0.523. The van der Waals surface area contributed by atoms with Crippen molar-refractivity contribution in [1.29, 1.82) is 0 Å². The quantitative estimate of drug-likeness (QED) is 0.718. The zero-order valence-electron chi connectivity index (χ0n) is 7.93. The summed E-state index contributed by atoms with van der Waals surface area (Å²) in [5, 5.41) is 2.97. The van der Waals surface area contributed by atoms with Gasteiger partial charge in [0.2, 0.25) is 0 Å². The molecule has 3 heteroatoms. The first-order chi connectivity index (χ1) is 6.24. The fraction of sp³-hybridized carbons (Fsp3) is 0.400. The van der Waals surface area contributed by atoms with Crippen LogP contribution < -0.4 is 10.1 Å². The largest absolute Gasteiger partial charge is 0.492 e. The van der Waals surface area contributed by atoms with Crippen molar-refractivity contribution in [2.24, 2.45) is 0 Å². The van der Waals surface area contributed by atoms with Crippen LogP contribution in [0.4, 0.5) is 4.39 Å². The van der Waals surface area contributed by atoms with Crippen LogP contribution in [0.3, 0.4) is 0 Å². The topological polar surface area (TPSA) is 21.3 Å². The molecule has 0 bridgehead atoms. The van der Waals surface area contributed by atoms with E-state index < -0.39 is 0 Å². The fourth-order valence-electron chi connectivity index (χ4n) is 1.04. The molecule has 1 rings (SSSR count). The van der Waals surface area contributed by atoms with Crippen molar-refractivity contribution in [3.05, 3.63) is 29.6 Å². The van der Waals surface area contributed by atoms with E-state index in [9.17, 15) is 4.39 Å². The lowest BCUT2D eigenvalue weighted by atomic mass is 10.2. The number of nitrogens with one attached hydrogen (secondary N) is 1. The van der Waals surface area contributed by atoms with Crippen molar-refractivity contribution >= 4 is 0 Å². The molecule has 0 saturated carbocycles. The highest BCUT2D eigenvalue weighted by Crippen LogP contribution is 2.17. The molecule has 0 heterocycles. The van der Waals surface area contributed by atoms with E-state index in [1.165, 1.54) is 12.1 Å². The molecule has 1 aromatic carbocycles. The Morgan fingerprint density at radius 1 is 1.46 bits per heavy atom. The van der Waals surface area contributed by atoms with E-state index in [-0.39, 0.29) is 5.82 Å². The third-order valence-electron chi connectivity index (χ3n) is 1.75. The summed E-state index contributed by atoms with van der Waals surface area (Å²) in [6.07, 6.45) is 0. The van der Waals surface area contributed by atoms with E-state index in [1.54, 1.807) is 6.07 Å². The summed E-state index contributed by atoms with van der Waals surface area (Å²) in [5.41, 5.74) is 0.830. The van der Waals surface area contributed by atoms with Crippen molar-refractivity contribution < 1.29 is 9.13 Å². The van der Waals surface area contributed by atoms with Gasteiger partial charge < -0.3 is 10.1 Å².